The van der Waals surface area contributed by atoms with Crippen molar-refractivity contribution in [3.8, 4) is 0 Å². The summed E-state index contributed by atoms with van der Waals surface area (Å²) in [6, 6.07) is 19.4. The van der Waals surface area contributed by atoms with Crippen LogP contribution >= 0.6 is 0 Å². The summed E-state index contributed by atoms with van der Waals surface area (Å²) >= 11 is 0. The third-order valence-corrected chi connectivity index (χ3v) is 7.32. The maximum atomic E-state index is 12.6. The number of carbonyl (C=O) groups is 1. The Morgan fingerprint density at radius 1 is 0.966 bits per heavy atom. The number of piperazine rings is 1. The highest BCUT2D eigenvalue weighted by molar-refractivity contribution is 5.94. The molecule has 2 aromatic rings. The Bertz CT molecular complexity index is 827. The fraction of sp³-hybridized carbons (Fsp3) is 0.480. The van der Waals surface area contributed by atoms with E-state index in [0.717, 1.165) is 50.1 Å². The van der Waals surface area contributed by atoms with E-state index in [4.69, 9.17) is 0 Å². The van der Waals surface area contributed by atoms with Crippen LogP contribution in [-0.2, 0) is 6.54 Å². The van der Waals surface area contributed by atoms with Crippen LogP contribution in [0.4, 0.5) is 5.69 Å². The van der Waals surface area contributed by atoms with E-state index in [2.05, 4.69) is 52.7 Å². The van der Waals surface area contributed by atoms with Gasteiger partial charge in [0.15, 0.2) is 0 Å². The Hall–Kier alpha value is -2.33. The molecule has 2 bridgehead atoms. The van der Waals surface area contributed by atoms with Gasteiger partial charge in [-0.05, 0) is 55.4 Å². The molecule has 0 spiro atoms. The molecule has 1 amide bonds. The van der Waals surface area contributed by atoms with Crippen LogP contribution in [0.1, 0.15) is 41.6 Å². The normalized spacial score (nSPS) is 26.6. The van der Waals surface area contributed by atoms with Crippen LogP contribution < -0.4 is 15.1 Å². The van der Waals surface area contributed by atoms with Crippen molar-refractivity contribution in [2.45, 2.75) is 38.3 Å². The third kappa shape index (κ3) is 4.18. The molecule has 5 rings (SSSR count). The fourth-order valence-electron chi connectivity index (χ4n) is 5.63. The zero-order chi connectivity index (χ0) is 19.6. The molecule has 0 radical (unpaired) electrons. The van der Waals surface area contributed by atoms with Gasteiger partial charge in [0.2, 0.25) is 0 Å². The first-order valence-electron chi connectivity index (χ1n) is 11.3. The molecule has 3 aliphatic rings. The van der Waals surface area contributed by atoms with E-state index in [-0.39, 0.29) is 5.91 Å². The van der Waals surface area contributed by atoms with Gasteiger partial charge in [-0.3, -0.25) is 4.79 Å². The fourth-order valence-corrected chi connectivity index (χ4v) is 5.63. The van der Waals surface area contributed by atoms with Crippen molar-refractivity contribution in [2.24, 2.45) is 11.8 Å². The van der Waals surface area contributed by atoms with E-state index in [9.17, 15) is 4.79 Å². The number of fused-ring (bicyclic) bond motifs is 2. The quantitative estimate of drug-likeness (QED) is 0.823. The average molecular weight is 391 g/mol. The molecule has 0 aromatic heterocycles. The molecular weight excluding hydrogens is 358 g/mol. The van der Waals surface area contributed by atoms with Crippen molar-refractivity contribution in [3.05, 3.63) is 65.7 Å². The topological polar surface area (TPSA) is 36.8 Å². The van der Waals surface area contributed by atoms with E-state index in [1.54, 1.807) is 4.90 Å². The molecule has 3 fully saturated rings. The molecule has 2 N–H and O–H groups in total. The van der Waals surface area contributed by atoms with Crippen molar-refractivity contribution in [2.75, 3.05) is 31.1 Å². The number of amides is 1. The first-order chi connectivity index (χ1) is 14.2. The second kappa shape index (κ2) is 8.19. The molecule has 2 aromatic carbocycles. The Morgan fingerprint density at radius 2 is 1.72 bits per heavy atom. The molecule has 2 saturated carbocycles. The van der Waals surface area contributed by atoms with Crippen molar-refractivity contribution < 1.29 is 9.69 Å². The number of anilines is 1. The molecule has 29 heavy (non-hydrogen) atoms. The van der Waals surface area contributed by atoms with Gasteiger partial charge >= 0.3 is 0 Å². The number of hydrogen-bond donors (Lipinski definition) is 2. The number of nitrogens with one attached hydrogen (secondary N) is 2. The van der Waals surface area contributed by atoms with E-state index in [1.807, 2.05) is 12.1 Å². The summed E-state index contributed by atoms with van der Waals surface area (Å²) in [5.41, 5.74) is 3.46. The third-order valence-electron chi connectivity index (χ3n) is 7.32. The summed E-state index contributed by atoms with van der Waals surface area (Å²) in [6.07, 6.45) is 5.18. The van der Waals surface area contributed by atoms with Gasteiger partial charge in [0.25, 0.3) is 5.91 Å². The first-order valence-corrected chi connectivity index (χ1v) is 11.3. The van der Waals surface area contributed by atoms with Crippen molar-refractivity contribution in [1.82, 2.24) is 5.32 Å². The number of benzene rings is 2. The number of para-hydroxylation sites is 1. The highest BCUT2D eigenvalue weighted by Gasteiger charge is 2.40. The van der Waals surface area contributed by atoms with E-state index >= 15 is 0 Å². The lowest BCUT2D eigenvalue weighted by atomic mass is 9.95. The number of hydrogen-bond acceptors (Lipinski definition) is 2. The summed E-state index contributed by atoms with van der Waals surface area (Å²) in [5.74, 6) is 1.69. The number of carbonyl (C=O) groups excluding carboxylic acids is 1. The van der Waals surface area contributed by atoms with E-state index in [1.165, 1.54) is 36.9 Å². The molecule has 4 heteroatoms. The molecule has 4 nitrogen and oxygen atoms in total. The van der Waals surface area contributed by atoms with Crippen LogP contribution in [0.5, 0.6) is 0 Å². The monoisotopic (exact) mass is 390 g/mol. The lowest BCUT2D eigenvalue weighted by Crippen LogP contribution is -3.13. The number of nitrogens with zero attached hydrogens (tertiary/aromatic N) is 1. The first kappa shape index (κ1) is 18.7. The van der Waals surface area contributed by atoms with Gasteiger partial charge in [0.1, 0.15) is 6.54 Å². The molecule has 1 heterocycles. The van der Waals surface area contributed by atoms with Gasteiger partial charge in [-0.25, -0.2) is 0 Å². The minimum atomic E-state index is 0.109. The largest absolute Gasteiger partial charge is 0.360 e. The van der Waals surface area contributed by atoms with Gasteiger partial charge in [0, 0.05) is 22.9 Å². The predicted molar refractivity (Wildman–Crippen MR) is 116 cm³/mol. The Morgan fingerprint density at radius 3 is 2.38 bits per heavy atom. The Balaban J connectivity index is 1.12. The predicted octanol–water partition coefficient (Wildman–Crippen LogP) is 2.51. The van der Waals surface area contributed by atoms with Crippen LogP contribution in [0.3, 0.4) is 0 Å². The Kier molecular flexibility index (Phi) is 5.28. The number of quaternary nitrogens is 1. The second-order valence-electron chi connectivity index (χ2n) is 9.20. The minimum absolute atomic E-state index is 0.109. The zero-order valence-electron chi connectivity index (χ0n) is 17.1. The van der Waals surface area contributed by atoms with Gasteiger partial charge < -0.3 is 15.1 Å². The molecule has 1 aliphatic heterocycles. The molecule has 3 atom stereocenters. The van der Waals surface area contributed by atoms with Crippen LogP contribution in [0.2, 0.25) is 0 Å². The lowest BCUT2D eigenvalue weighted by molar-refractivity contribution is -0.914. The number of rotatable bonds is 5. The zero-order valence-corrected chi connectivity index (χ0v) is 17.1. The highest BCUT2D eigenvalue weighted by Crippen LogP contribution is 2.44. The van der Waals surface area contributed by atoms with Crippen LogP contribution in [0.25, 0.3) is 0 Å². The lowest BCUT2D eigenvalue weighted by Gasteiger charge is -2.33. The van der Waals surface area contributed by atoms with E-state index < -0.39 is 0 Å². The summed E-state index contributed by atoms with van der Waals surface area (Å²) in [7, 11) is 0. The standard InChI is InChI=1S/C25H31N3O/c29-25(26-24-17-20-8-11-22(24)16-20)21-9-6-19(7-10-21)18-27-12-14-28(15-13-27)23-4-2-1-3-5-23/h1-7,9-10,20,22,24H,8,11-18H2,(H,26,29)/p+1/t20-,22-,24-/m1/s1. The van der Waals surface area contributed by atoms with Crippen LogP contribution in [0.15, 0.2) is 54.6 Å². The average Bonchev–Trinajstić information content (AvgIpc) is 3.39. The molecule has 2 aliphatic carbocycles. The summed E-state index contributed by atoms with van der Waals surface area (Å²) < 4.78 is 0. The summed E-state index contributed by atoms with van der Waals surface area (Å²) in [4.78, 5) is 16.7. The maximum absolute atomic E-state index is 12.6. The van der Waals surface area contributed by atoms with Crippen LogP contribution in [0, 0.1) is 11.8 Å². The van der Waals surface area contributed by atoms with Crippen molar-refractivity contribution in [1.29, 1.82) is 0 Å². The second-order valence-corrected chi connectivity index (χ2v) is 9.20. The summed E-state index contributed by atoms with van der Waals surface area (Å²) in [6.45, 7) is 5.55. The Labute approximate surface area is 173 Å². The van der Waals surface area contributed by atoms with Gasteiger partial charge in [-0.15, -0.1) is 0 Å². The molecule has 152 valence electrons. The van der Waals surface area contributed by atoms with Gasteiger partial charge in [-0.2, -0.15) is 0 Å². The molecule has 0 unspecified atom stereocenters. The summed E-state index contributed by atoms with van der Waals surface area (Å²) in [5, 5.41) is 3.30. The SMILES string of the molecule is O=C(N[C@@H]1C[C@@H]2CC[C@@H]1C2)c1ccc(C[NH+]2CCN(c3ccccc3)CC2)cc1. The van der Waals surface area contributed by atoms with Gasteiger partial charge in [-0.1, -0.05) is 36.8 Å². The maximum Gasteiger partial charge on any atom is 0.251 e. The van der Waals surface area contributed by atoms with Crippen LogP contribution in [-0.4, -0.2) is 38.1 Å². The smallest absolute Gasteiger partial charge is 0.251 e. The molecular formula is C25H32N3O+. The van der Waals surface area contributed by atoms with Crippen molar-refractivity contribution >= 4 is 11.6 Å². The highest BCUT2D eigenvalue weighted by atomic mass is 16.1. The minimum Gasteiger partial charge on any atom is -0.360 e. The van der Waals surface area contributed by atoms with Gasteiger partial charge in [0.05, 0.1) is 26.2 Å². The van der Waals surface area contributed by atoms with Crippen molar-refractivity contribution in [3.63, 3.8) is 0 Å². The van der Waals surface area contributed by atoms with E-state index in [0.29, 0.717) is 6.04 Å². The molecule has 1 saturated heterocycles.